The molecular weight excluding hydrogens is 331 g/mol. The van der Waals surface area contributed by atoms with E-state index >= 15 is 0 Å². The minimum atomic E-state index is 0.732. The molecule has 0 unspecified atom stereocenters. The van der Waals surface area contributed by atoms with E-state index in [0.717, 1.165) is 60.5 Å². The number of hydrogen-bond donors (Lipinski definition) is 0. The van der Waals surface area contributed by atoms with Crippen molar-refractivity contribution in [2.24, 2.45) is 0 Å². The van der Waals surface area contributed by atoms with Gasteiger partial charge in [-0.05, 0) is 41.5 Å². The first-order valence-electron chi connectivity index (χ1n) is 8.91. The molecule has 27 heavy (non-hydrogen) atoms. The number of rotatable bonds is 1. The van der Waals surface area contributed by atoms with E-state index in [2.05, 4.69) is 24.3 Å². The molecule has 6 aromatic rings. The Kier molecular flexibility index (Phi) is 2.87. The molecule has 2 nitrogen and oxygen atoms in total. The molecule has 0 spiro atoms. The SMILES string of the molecule is [B]c1cccc2oc3ccc(-c4cccc5oc6ccccc6c45)cc3c12. The Labute approximate surface area is 156 Å². The molecule has 124 valence electrons. The second kappa shape index (κ2) is 5.27. The van der Waals surface area contributed by atoms with Crippen LogP contribution in [0.2, 0.25) is 0 Å². The Morgan fingerprint density at radius 3 is 2.15 bits per heavy atom. The zero-order valence-electron chi connectivity index (χ0n) is 14.4. The number of fused-ring (bicyclic) bond motifs is 6. The third kappa shape index (κ3) is 2.03. The van der Waals surface area contributed by atoms with Crippen LogP contribution in [0.1, 0.15) is 0 Å². The Hall–Kier alpha value is -3.46. The highest BCUT2D eigenvalue weighted by molar-refractivity contribution is 6.41. The molecule has 0 fully saturated rings. The smallest absolute Gasteiger partial charge is 0.136 e. The van der Waals surface area contributed by atoms with Gasteiger partial charge in [-0.25, -0.2) is 0 Å². The Morgan fingerprint density at radius 1 is 0.556 bits per heavy atom. The van der Waals surface area contributed by atoms with Gasteiger partial charge in [0.05, 0.1) is 0 Å². The van der Waals surface area contributed by atoms with Gasteiger partial charge in [0.15, 0.2) is 0 Å². The van der Waals surface area contributed by atoms with E-state index in [1.54, 1.807) is 0 Å². The zero-order chi connectivity index (χ0) is 18.0. The molecule has 0 atom stereocenters. The third-order valence-electron chi connectivity index (χ3n) is 5.24. The molecule has 0 saturated heterocycles. The molecule has 0 N–H and O–H groups in total. The topological polar surface area (TPSA) is 26.3 Å². The van der Waals surface area contributed by atoms with Crippen LogP contribution in [0.4, 0.5) is 0 Å². The average molecular weight is 344 g/mol. The number of furan rings is 2. The van der Waals surface area contributed by atoms with Crippen molar-refractivity contribution in [2.75, 3.05) is 0 Å². The molecule has 0 aliphatic heterocycles. The van der Waals surface area contributed by atoms with Gasteiger partial charge in [0.2, 0.25) is 0 Å². The summed E-state index contributed by atoms with van der Waals surface area (Å²) in [4.78, 5) is 0. The van der Waals surface area contributed by atoms with Gasteiger partial charge < -0.3 is 8.83 Å². The van der Waals surface area contributed by atoms with Crippen LogP contribution in [0.25, 0.3) is 55.0 Å². The monoisotopic (exact) mass is 344 g/mol. The lowest BCUT2D eigenvalue weighted by molar-refractivity contribution is 0.669. The molecule has 2 radical (unpaired) electrons. The first-order chi connectivity index (χ1) is 13.3. The van der Waals surface area contributed by atoms with E-state index in [1.165, 1.54) is 0 Å². The van der Waals surface area contributed by atoms with Gasteiger partial charge in [-0.1, -0.05) is 54.0 Å². The van der Waals surface area contributed by atoms with Crippen molar-refractivity contribution in [3.63, 3.8) is 0 Å². The molecule has 0 aliphatic carbocycles. The summed E-state index contributed by atoms with van der Waals surface area (Å²) in [6.45, 7) is 0. The highest BCUT2D eigenvalue weighted by Gasteiger charge is 2.14. The fourth-order valence-corrected chi connectivity index (χ4v) is 4.04. The minimum absolute atomic E-state index is 0.732. The maximum Gasteiger partial charge on any atom is 0.136 e. The summed E-state index contributed by atoms with van der Waals surface area (Å²) >= 11 is 0. The Balaban J connectivity index is 1.72. The van der Waals surface area contributed by atoms with Gasteiger partial charge in [-0.15, -0.1) is 0 Å². The predicted molar refractivity (Wildman–Crippen MR) is 112 cm³/mol. The normalized spacial score (nSPS) is 11.9. The van der Waals surface area contributed by atoms with Crippen LogP contribution in [0.5, 0.6) is 0 Å². The first-order valence-corrected chi connectivity index (χ1v) is 8.91. The fourth-order valence-electron chi connectivity index (χ4n) is 4.04. The molecular formula is C24H13BO2. The lowest BCUT2D eigenvalue weighted by atomic mass is 9.90. The minimum Gasteiger partial charge on any atom is -0.456 e. The summed E-state index contributed by atoms with van der Waals surface area (Å²) in [5, 5.41) is 4.26. The summed E-state index contributed by atoms with van der Waals surface area (Å²) in [7, 11) is 6.23. The largest absolute Gasteiger partial charge is 0.456 e. The van der Waals surface area contributed by atoms with Crippen LogP contribution >= 0.6 is 0 Å². The molecule has 2 aromatic heterocycles. The van der Waals surface area contributed by atoms with Crippen LogP contribution in [0, 0.1) is 0 Å². The van der Waals surface area contributed by atoms with Crippen molar-refractivity contribution in [1.29, 1.82) is 0 Å². The number of para-hydroxylation sites is 1. The van der Waals surface area contributed by atoms with Crippen LogP contribution < -0.4 is 5.46 Å². The van der Waals surface area contributed by atoms with E-state index < -0.39 is 0 Å². The number of benzene rings is 4. The Morgan fingerprint density at radius 2 is 1.26 bits per heavy atom. The van der Waals surface area contributed by atoms with Crippen molar-refractivity contribution in [3.8, 4) is 11.1 Å². The Bertz CT molecular complexity index is 1490. The molecule has 6 rings (SSSR count). The van der Waals surface area contributed by atoms with Crippen molar-refractivity contribution < 1.29 is 8.83 Å². The summed E-state index contributed by atoms with van der Waals surface area (Å²) < 4.78 is 12.0. The van der Waals surface area contributed by atoms with Gasteiger partial charge in [-0.3, -0.25) is 0 Å². The van der Waals surface area contributed by atoms with Gasteiger partial charge in [0.25, 0.3) is 0 Å². The van der Waals surface area contributed by atoms with E-state index in [1.807, 2.05) is 54.6 Å². The molecule has 0 bridgehead atoms. The highest BCUT2D eigenvalue weighted by Crippen LogP contribution is 2.38. The van der Waals surface area contributed by atoms with E-state index in [9.17, 15) is 0 Å². The summed E-state index contributed by atoms with van der Waals surface area (Å²) in [6, 6.07) is 26.4. The van der Waals surface area contributed by atoms with Crippen LogP contribution in [-0.2, 0) is 0 Å². The molecule has 4 aromatic carbocycles. The number of hydrogen-bond acceptors (Lipinski definition) is 2. The second-order valence-corrected chi connectivity index (χ2v) is 6.81. The quantitative estimate of drug-likeness (QED) is 0.345. The highest BCUT2D eigenvalue weighted by atomic mass is 16.3. The maximum atomic E-state index is 6.23. The molecule has 2 heterocycles. The van der Waals surface area contributed by atoms with Gasteiger partial charge in [0, 0.05) is 21.5 Å². The fraction of sp³-hybridized carbons (Fsp3) is 0. The van der Waals surface area contributed by atoms with Crippen molar-refractivity contribution in [2.45, 2.75) is 0 Å². The van der Waals surface area contributed by atoms with Crippen molar-refractivity contribution in [3.05, 3.63) is 78.9 Å². The summed E-state index contributed by atoms with van der Waals surface area (Å²) in [6.07, 6.45) is 0. The molecule has 0 amide bonds. The lowest BCUT2D eigenvalue weighted by Crippen LogP contribution is -2.01. The standard InChI is InChI=1S/C24H13BO2/c25-18-7-4-10-22-24(18)17-13-14(11-12-20(17)27-22)15-6-3-9-21-23(15)16-5-1-2-8-19(16)26-21/h1-13H. The van der Waals surface area contributed by atoms with E-state index in [-0.39, 0.29) is 0 Å². The van der Waals surface area contributed by atoms with E-state index in [0.29, 0.717) is 0 Å². The molecule has 3 heteroatoms. The van der Waals surface area contributed by atoms with Crippen molar-refractivity contribution >= 4 is 57.2 Å². The van der Waals surface area contributed by atoms with E-state index in [4.69, 9.17) is 16.7 Å². The lowest BCUT2D eigenvalue weighted by Gasteiger charge is -2.04. The average Bonchev–Trinajstić information content (AvgIpc) is 3.26. The molecule has 0 saturated carbocycles. The van der Waals surface area contributed by atoms with Gasteiger partial charge >= 0.3 is 0 Å². The maximum absolute atomic E-state index is 6.23. The summed E-state index contributed by atoms with van der Waals surface area (Å²) in [5.41, 5.74) is 6.44. The van der Waals surface area contributed by atoms with Crippen LogP contribution in [0.3, 0.4) is 0 Å². The van der Waals surface area contributed by atoms with Crippen LogP contribution in [0.15, 0.2) is 87.7 Å². The predicted octanol–water partition coefficient (Wildman–Crippen LogP) is 5.95. The van der Waals surface area contributed by atoms with Gasteiger partial charge in [-0.2, -0.15) is 0 Å². The summed E-state index contributed by atoms with van der Waals surface area (Å²) in [5.74, 6) is 0. The first kappa shape index (κ1) is 14.7. The molecule has 0 aliphatic rings. The van der Waals surface area contributed by atoms with Crippen LogP contribution in [-0.4, -0.2) is 7.85 Å². The third-order valence-corrected chi connectivity index (χ3v) is 5.24. The zero-order valence-corrected chi connectivity index (χ0v) is 14.4. The van der Waals surface area contributed by atoms with Gasteiger partial charge in [0.1, 0.15) is 30.2 Å². The van der Waals surface area contributed by atoms with Crippen molar-refractivity contribution in [1.82, 2.24) is 0 Å². The second-order valence-electron chi connectivity index (χ2n) is 6.81.